The Balaban J connectivity index is 2.37. The van der Waals surface area contributed by atoms with Gasteiger partial charge in [-0.3, -0.25) is 0 Å². The molecule has 0 amide bonds. The Bertz CT molecular complexity index is 632. The first-order chi connectivity index (χ1) is 8.60. The second kappa shape index (κ2) is 5.36. The molecule has 0 aliphatic rings. The van der Waals surface area contributed by atoms with Gasteiger partial charge >= 0.3 is 0 Å². The Hall–Kier alpha value is -1.61. The number of anilines is 2. The van der Waals surface area contributed by atoms with Crippen LogP contribution in [0.1, 0.15) is 11.1 Å². The number of halogens is 2. The molecule has 0 aromatic heterocycles. The van der Waals surface area contributed by atoms with Crippen LogP contribution in [0.2, 0.25) is 0 Å². The third-order valence-corrected chi connectivity index (χ3v) is 3.74. The van der Waals surface area contributed by atoms with Crippen LogP contribution in [-0.4, -0.2) is 0 Å². The van der Waals surface area contributed by atoms with Crippen LogP contribution in [0.5, 0.6) is 0 Å². The van der Waals surface area contributed by atoms with E-state index >= 15 is 0 Å². The zero-order valence-corrected chi connectivity index (χ0v) is 11.8. The highest BCUT2D eigenvalue weighted by Crippen LogP contribution is 2.25. The van der Waals surface area contributed by atoms with Crippen molar-refractivity contribution in [2.24, 2.45) is 0 Å². The summed E-state index contributed by atoms with van der Waals surface area (Å²) in [5.74, 6) is -0.417. The van der Waals surface area contributed by atoms with Crippen molar-refractivity contribution in [3.05, 3.63) is 56.9 Å². The summed E-state index contributed by atoms with van der Waals surface area (Å²) in [6.07, 6.45) is 0. The highest BCUT2D eigenvalue weighted by Gasteiger charge is 2.04. The number of hydrogen-bond acceptors (Lipinski definition) is 2. The van der Waals surface area contributed by atoms with Crippen molar-refractivity contribution >= 4 is 34.0 Å². The van der Waals surface area contributed by atoms with Gasteiger partial charge in [-0.15, -0.1) is 0 Å². The highest BCUT2D eigenvalue weighted by molar-refractivity contribution is 14.1. The molecule has 0 aliphatic carbocycles. The summed E-state index contributed by atoms with van der Waals surface area (Å²) in [6.45, 7) is 1.99. The molecule has 2 nitrogen and oxygen atoms in total. The van der Waals surface area contributed by atoms with Gasteiger partial charge in [0.05, 0.1) is 11.6 Å². The Labute approximate surface area is 119 Å². The smallest absolute Gasteiger partial charge is 0.126 e. The molecule has 0 atom stereocenters. The van der Waals surface area contributed by atoms with E-state index in [1.54, 1.807) is 6.07 Å². The fourth-order valence-electron chi connectivity index (χ4n) is 1.62. The lowest BCUT2D eigenvalue weighted by molar-refractivity contribution is 0.628. The first-order valence-corrected chi connectivity index (χ1v) is 6.41. The maximum absolute atomic E-state index is 13.3. The lowest BCUT2D eigenvalue weighted by Gasteiger charge is -2.11. The fourth-order valence-corrected chi connectivity index (χ4v) is 2.12. The predicted molar refractivity (Wildman–Crippen MR) is 78.3 cm³/mol. The van der Waals surface area contributed by atoms with Gasteiger partial charge in [-0.05, 0) is 65.4 Å². The summed E-state index contributed by atoms with van der Waals surface area (Å²) in [5, 5.41) is 11.9. The van der Waals surface area contributed by atoms with E-state index < -0.39 is 5.82 Å². The molecule has 90 valence electrons. The van der Waals surface area contributed by atoms with E-state index in [0.29, 0.717) is 11.3 Å². The van der Waals surface area contributed by atoms with Crippen molar-refractivity contribution in [2.45, 2.75) is 6.92 Å². The monoisotopic (exact) mass is 352 g/mol. The van der Waals surface area contributed by atoms with Gasteiger partial charge in [0.2, 0.25) is 0 Å². The maximum atomic E-state index is 13.3. The number of nitriles is 1. The van der Waals surface area contributed by atoms with Crippen LogP contribution in [0, 0.1) is 27.6 Å². The van der Waals surface area contributed by atoms with Gasteiger partial charge in [0.15, 0.2) is 0 Å². The van der Waals surface area contributed by atoms with Crippen molar-refractivity contribution in [3.63, 3.8) is 0 Å². The quantitative estimate of drug-likeness (QED) is 0.816. The van der Waals surface area contributed by atoms with Gasteiger partial charge < -0.3 is 5.32 Å². The van der Waals surface area contributed by atoms with Crippen LogP contribution >= 0.6 is 22.6 Å². The molecule has 4 heteroatoms. The van der Waals surface area contributed by atoms with Gasteiger partial charge in [-0.2, -0.15) is 5.26 Å². The summed E-state index contributed by atoms with van der Waals surface area (Å²) >= 11 is 2.25. The molecule has 0 fully saturated rings. The molecule has 0 bridgehead atoms. The number of nitrogens with one attached hydrogen (secondary N) is 1. The molecule has 1 N–H and O–H groups in total. The van der Waals surface area contributed by atoms with Crippen LogP contribution in [0.15, 0.2) is 36.4 Å². The lowest BCUT2D eigenvalue weighted by atomic mass is 10.1. The zero-order chi connectivity index (χ0) is 13.1. The Kier molecular flexibility index (Phi) is 3.82. The summed E-state index contributed by atoms with van der Waals surface area (Å²) in [7, 11) is 0. The average Bonchev–Trinajstić information content (AvgIpc) is 2.34. The molecule has 2 rings (SSSR count). The van der Waals surface area contributed by atoms with Gasteiger partial charge in [-0.25, -0.2) is 4.39 Å². The number of rotatable bonds is 2. The van der Waals surface area contributed by atoms with Crippen LogP contribution in [0.25, 0.3) is 0 Å². The molecule has 0 unspecified atom stereocenters. The van der Waals surface area contributed by atoms with E-state index in [9.17, 15) is 4.39 Å². The first kappa shape index (κ1) is 12.8. The SMILES string of the molecule is Cc1c(I)cccc1Nc1cc(F)cc(C#N)c1. The van der Waals surface area contributed by atoms with Gasteiger partial charge in [-0.1, -0.05) is 6.07 Å². The Morgan fingerprint density at radius 1 is 1.28 bits per heavy atom. The number of nitrogens with zero attached hydrogens (tertiary/aromatic N) is 1. The van der Waals surface area contributed by atoms with E-state index in [-0.39, 0.29) is 0 Å². The minimum atomic E-state index is -0.417. The largest absolute Gasteiger partial charge is 0.355 e. The van der Waals surface area contributed by atoms with Crippen LogP contribution in [0.4, 0.5) is 15.8 Å². The maximum Gasteiger partial charge on any atom is 0.126 e. The fraction of sp³-hybridized carbons (Fsp3) is 0.0714. The molecule has 2 aromatic rings. The normalized spacial score (nSPS) is 9.89. The Morgan fingerprint density at radius 3 is 2.78 bits per heavy atom. The highest BCUT2D eigenvalue weighted by atomic mass is 127. The molecule has 18 heavy (non-hydrogen) atoms. The topological polar surface area (TPSA) is 35.8 Å². The zero-order valence-electron chi connectivity index (χ0n) is 9.67. The van der Waals surface area contributed by atoms with Crippen LogP contribution in [-0.2, 0) is 0 Å². The minimum Gasteiger partial charge on any atom is -0.355 e. The standard InChI is InChI=1S/C14H10FIN2/c1-9-13(16)3-2-4-14(9)18-12-6-10(8-17)5-11(15)7-12/h2-7,18H,1H3. The average molecular weight is 352 g/mol. The summed E-state index contributed by atoms with van der Waals surface area (Å²) < 4.78 is 14.4. The van der Waals surface area contributed by atoms with E-state index in [1.807, 2.05) is 31.2 Å². The second-order valence-corrected chi connectivity index (χ2v) is 5.04. The molecular weight excluding hydrogens is 342 g/mol. The van der Waals surface area contributed by atoms with Gasteiger partial charge in [0, 0.05) is 14.9 Å². The molecule has 0 saturated heterocycles. The second-order valence-electron chi connectivity index (χ2n) is 3.88. The van der Waals surface area contributed by atoms with Crippen LogP contribution in [0.3, 0.4) is 0 Å². The van der Waals surface area contributed by atoms with Crippen molar-refractivity contribution in [2.75, 3.05) is 5.32 Å². The number of benzene rings is 2. The molecule has 2 aromatic carbocycles. The van der Waals surface area contributed by atoms with Gasteiger partial charge in [0.25, 0.3) is 0 Å². The summed E-state index contributed by atoms with van der Waals surface area (Å²) in [5.41, 5.74) is 2.90. The molecular formula is C14H10FIN2. The van der Waals surface area contributed by atoms with Crippen LogP contribution < -0.4 is 5.32 Å². The van der Waals surface area contributed by atoms with Crippen molar-refractivity contribution in [1.82, 2.24) is 0 Å². The number of hydrogen-bond donors (Lipinski definition) is 1. The minimum absolute atomic E-state index is 0.306. The summed E-state index contributed by atoms with van der Waals surface area (Å²) in [6, 6.07) is 12.0. The van der Waals surface area contributed by atoms with E-state index in [1.165, 1.54) is 12.1 Å². The molecule has 0 saturated carbocycles. The Morgan fingerprint density at radius 2 is 2.06 bits per heavy atom. The van der Waals surface area contributed by atoms with E-state index in [2.05, 4.69) is 27.9 Å². The predicted octanol–water partition coefficient (Wildman–Crippen LogP) is 4.35. The van der Waals surface area contributed by atoms with Crippen molar-refractivity contribution in [1.29, 1.82) is 5.26 Å². The van der Waals surface area contributed by atoms with E-state index in [0.717, 1.165) is 14.8 Å². The first-order valence-electron chi connectivity index (χ1n) is 5.33. The molecule has 0 heterocycles. The molecule has 0 spiro atoms. The molecule has 0 radical (unpaired) electrons. The van der Waals surface area contributed by atoms with E-state index in [4.69, 9.17) is 5.26 Å². The third-order valence-electron chi connectivity index (χ3n) is 2.57. The summed E-state index contributed by atoms with van der Waals surface area (Å²) in [4.78, 5) is 0. The van der Waals surface area contributed by atoms with Gasteiger partial charge in [0.1, 0.15) is 5.82 Å². The third kappa shape index (κ3) is 2.79. The van der Waals surface area contributed by atoms with Crippen molar-refractivity contribution in [3.8, 4) is 6.07 Å². The molecule has 0 aliphatic heterocycles. The lowest BCUT2D eigenvalue weighted by Crippen LogP contribution is -1.96. The van der Waals surface area contributed by atoms with Crippen molar-refractivity contribution < 1.29 is 4.39 Å².